The Morgan fingerprint density at radius 3 is 2.90 bits per heavy atom. The molecule has 6 nitrogen and oxygen atoms in total. The highest BCUT2D eigenvalue weighted by atomic mass is 19.1. The van der Waals surface area contributed by atoms with Gasteiger partial charge in [0.05, 0.1) is 29.8 Å². The topological polar surface area (TPSA) is 75.2 Å². The third-order valence-corrected chi connectivity index (χ3v) is 3.90. The lowest BCUT2D eigenvalue weighted by atomic mass is 10.1. The van der Waals surface area contributed by atoms with Gasteiger partial charge in [0.1, 0.15) is 17.7 Å². The SMILES string of the molecule is CC1(C)O[C@H]2[C@H](n3cnc4c(F)ncc(N)c43)C=C[C@H]2O1. The van der Waals surface area contributed by atoms with Crippen LogP contribution in [-0.4, -0.2) is 32.5 Å². The Hall–Kier alpha value is -1.99. The minimum Gasteiger partial charge on any atom is -0.396 e. The zero-order chi connectivity index (χ0) is 14.8. The largest absolute Gasteiger partial charge is 0.396 e. The first-order valence-electron chi connectivity index (χ1n) is 6.77. The fourth-order valence-corrected chi connectivity index (χ4v) is 3.09. The van der Waals surface area contributed by atoms with E-state index in [4.69, 9.17) is 15.2 Å². The number of anilines is 1. The Kier molecular flexibility index (Phi) is 2.44. The van der Waals surface area contributed by atoms with Gasteiger partial charge in [0.2, 0.25) is 5.95 Å². The van der Waals surface area contributed by atoms with E-state index >= 15 is 0 Å². The molecular formula is C14H15FN4O2. The molecule has 2 N–H and O–H groups in total. The second-order valence-corrected chi connectivity index (χ2v) is 5.79. The molecular weight excluding hydrogens is 275 g/mol. The van der Waals surface area contributed by atoms with Crippen LogP contribution in [0.4, 0.5) is 10.1 Å². The van der Waals surface area contributed by atoms with Crippen molar-refractivity contribution in [1.29, 1.82) is 0 Å². The number of hydrogen-bond acceptors (Lipinski definition) is 5. The van der Waals surface area contributed by atoms with Gasteiger partial charge in [-0.1, -0.05) is 12.2 Å². The molecule has 2 aliphatic rings. The average Bonchev–Trinajstić information content (AvgIpc) is 3.05. The molecule has 1 saturated heterocycles. The highest BCUT2D eigenvalue weighted by Crippen LogP contribution is 2.41. The van der Waals surface area contributed by atoms with Crippen molar-refractivity contribution in [3.8, 4) is 0 Å². The van der Waals surface area contributed by atoms with Gasteiger partial charge in [-0.15, -0.1) is 0 Å². The molecule has 3 atom stereocenters. The molecule has 1 fully saturated rings. The number of ether oxygens (including phenoxy) is 2. The molecule has 0 saturated carbocycles. The maximum atomic E-state index is 13.7. The summed E-state index contributed by atoms with van der Waals surface area (Å²) in [6.07, 6.45) is 6.52. The number of imidazole rings is 1. The Morgan fingerprint density at radius 1 is 1.29 bits per heavy atom. The molecule has 2 aromatic rings. The predicted molar refractivity (Wildman–Crippen MR) is 73.9 cm³/mol. The van der Waals surface area contributed by atoms with Crippen molar-refractivity contribution in [3.05, 3.63) is 30.6 Å². The molecule has 110 valence electrons. The minimum atomic E-state index is -0.632. The van der Waals surface area contributed by atoms with Crippen molar-refractivity contribution in [1.82, 2.24) is 14.5 Å². The zero-order valence-corrected chi connectivity index (χ0v) is 11.7. The third kappa shape index (κ3) is 1.77. The van der Waals surface area contributed by atoms with Crippen LogP contribution in [0.5, 0.6) is 0 Å². The lowest BCUT2D eigenvalue weighted by molar-refractivity contribution is -0.146. The van der Waals surface area contributed by atoms with E-state index in [1.165, 1.54) is 6.20 Å². The monoisotopic (exact) mass is 290 g/mol. The summed E-state index contributed by atoms with van der Waals surface area (Å²) in [5.74, 6) is -1.26. The first-order chi connectivity index (χ1) is 9.96. The highest BCUT2D eigenvalue weighted by molar-refractivity contribution is 5.86. The summed E-state index contributed by atoms with van der Waals surface area (Å²) < 4.78 is 27.3. The first kappa shape index (κ1) is 12.7. The van der Waals surface area contributed by atoms with Crippen LogP contribution < -0.4 is 5.73 Å². The number of nitrogen functional groups attached to an aromatic ring is 1. The normalized spacial score (nSPS) is 30.1. The van der Waals surface area contributed by atoms with Gasteiger partial charge in [0, 0.05) is 0 Å². The van der Waals surface area contributed by atoms with Crippen molar-refractivity contribution in [3.63, 3.8) is 0 Å². The number of aromatic nitrogens is 3. The summed E-state index contributed by atoms with van der Waals surface area (Å²) in [7, 11) is 0. The molecule has 7 heteroatoms. The van der Waals surface area contributed by atoms with Crippen LogP contribution in [0, 0.1) is 5.95 Å². The van der Waals surface area contributed by atoms with Crippen LogP contribution >= 0.6 is 0 Å². The van der Waals surface area contributed by atoms with E-state index in [2.05, 4.69) is 9.97 Å². The third-order valence-electron chi connectivity index (χ3n) is 3.90. The van der Waals surface area contributed by atoms with Crippen LogP contribution in [0.3, 0.4) is 0 Å². The number of halogens is 1. The lowest BCUT2D eigenvalue weighted by Crippen LogP contribution is -2.27. The fraction of sp³-hybridized carbons (Fsp3) is 0.429. The molecule has 4 rings (SSSR count). The zero-order valence-electron chi connectivity index (χ0n) is 11.7. The molecule has 0 bridgehead atoms. The summed E-state index contributed by atoms with van der Waals surface area (Å²) in [6.45, 7) is 3.75. The standard InChI is InChI=1S/C14H15FN4O2/c1-14(2)20-9-4-3-8(12(9)21-14)19-6-18-10-11(19)7(16)5-17-13(10)15/h3-6,8-9,12H,16H2,1-2H3/t8-,9-,12+/m1/s1. The van der Waals surface area contributed by atoms with Gasteiger partial charge in [-0.05, 0) is 13.8 Å². The fourth-order valence-electron chi connectivity index (χ4n) is 3.09. The Morgan fingerprint density at radius 2 is 2.10 bits per heavy atom. The van der Waals surface area contributed by atoms with Gasteiger partial charge in [0.25, 0.3) is 0 Å². The number of rotatable bonds is 1. The van der Waals surface area contributed by atoms with Crippen molar-refractivity contribution >= 4 is 16.7 Å². The van der Waals surface area contributed by atoms with Crippen molar-refractivity contribution < 1.29 is 13.9 Å². The molecule has 0 unspecified atom stereocenters. The molecule has 1 aliphatic carbocycles. The first-order valence-corrected chi connectivity index (χ1v) is 6.77. The van der Waals surface area contributed by atoms with Crippen LogP contribution in [-0.2, 0) is 9.47 Å². The molecule has 0 radical (unpaired) electrons. The quantitative estimate of drug-likeness (QED) is 0.640. The molecule has 0 amide bonds. The van der Waals surface area contributed by atoms with Gasteiger partial charge in [-0.25, -0.2) is 9.97 Å². The summed E-state index contributed by atoms with van der Waals surface area (Å²) in [5.41, 5.74) is 7.03. The van der Waals surface area contributed by atoms with Crippen LogP contribution in [0.15, 0.2) is 24.7 Å². The predicted octanol–water partition coefficient (Wildman–Crippen LogP) is 1.78. The van der Waals surface area contributed by atoms with E-state index in [1.807, 2.05) is 30.6 Å². The van der Waals surface area contributed by atoms with Crippen molar-refractivity contribution in [2.45, 2.75) is 37.9 Å². The smallest absolute Gasteiger partial charge is 0.241 e. The Bertz CT molecular complexity index is 755. The molecule has 2 aromatic heterocycles. The van der Waals surface area contributed by atoms with Crippen LogP contribution in [0.1, 0.15) is 19.9 Å². The maximum absolute atomic E-state index is 13.7. The van der Waals surface area contributed by atoms with E-state index < -0.39 is 11.7 Å². The highest BCUT2D eigenvalue weighted by Gasteiger charge is 2.47. The van der Waals surface area contributed by atoms with Gasteiger partial charge >= 0.3 is 0 Å². The van der Waals surface area contributed by atoms with E-state index in [0.717, 1.165) is 0 Å². The van der Waals surface area contributed by atoms with Gasteiger partial charge < -0.3 is 19.8 Å². The van der Waals surface area contributed by atoms with Gasteiger partial charge in [0.15, 0.2) is 5.79 Å². The summed E-state index contributed by atoms with van der Waals surface area (Å²) in [6, 6.07) is -0.133. The molecule has 21 heavy (non-hydrogen) atoms. The molecule has 1 aliphatic heterocycles. The molecule has 0 aromatic carbocycles. The molecule has 0 spiro atoms. The van der Waals surface area contributed by atoms with Crippen molar-refractivity contribution in [2.24, 2.45) is 0 Å². The van der Waals surface area contributed by atoms with Gasteiger partial charge in [-0.3, -0.25) is 0 Å². The Labute approximate surface area is 120 Å². The summed E-state index contributed by atoms with van der Waals surface area (Å²) in [4.78, 5) is 7.68. The van der Waals surface area contributed by atoms with Crippen molar-refractivity contribution in [2.75, 3.05) is 5.73 Å². The second-order valence-electron chi connectivity index (χ2n) is 5.79. The Balaban J connectivity index is 1.82. The van der Waals surface area contributed by atoms with E-state index in [0.29, 0.717) is 11.2 Å². The van der Waals surface area contributed by atoms with E-state index in [-0.39, 0.29) is 23.8 Å². The van der Waals surface area contributed by atoms with Crippen LogP contribution in [0.2, 0.25) is 0 Å². The minimum absolute atomic E-state index is 0.115. The summed E-state index contributed by atoms with van der Waals surface area (Å²) in [5, 5.41) is 0. The second kappa shape index (κ2) is 4.02. The summed E-state index contributed by atoms with van der Waals surface area (Å²) >= 11 is 0. The maximum Gasteiger partial charge on any atom is 0.241 e. The van der Waals surface area contributed by atoms with Gasteiger partial charge in [-0.2, -0.15) is 4.39 Å². The number of fused-ring (bicyclic) bond motifs is 2. The number of nitrogens with zero attached hydrogens (tertiary/aromatic N) is 3. The van der Waals surface area contributed by atoms with E-state index in [9.17, 15) is 4.39 Å². The lowest BCUT2D eigenvalue weighted by Gasteiger charge is -2.22. The molecule has 3 heterocycles. The average molecular weight is 290 g/mol. The van der Waals surface area contributed by atoms with E-state index in [1.54, 1.807) is 6.33 Å². The number of hydrogen-bond donors (Lipinski definition) is 1. The van der Waals surface area contributed by atoms with Crippen LogP contribution in [0.25, 0.3) is 11.0 Å². The number of nitrogens with two attached hydrogens (primary N) is 1. The number of pyridine rings is 1.